The lowest BCUT2D eigenvalue weighted by Crippen LogP contribution is -2.51. The zero-order chi connectivity index (χ0) is 25.3. The van der Waals surface area contributed by atoms with E-state index in [0.717, 1.165) is 22.0 Å². The highest BCUT2D eigenvalue weighted by molar-refractivity contribution is 9.10. The van der Waals surface area contributed by atoms with E-state index in [1.165, 1.54) is 11.1 Å². The summed E-state index contributed by atoms with van der Waals surface area (Å²) in [6, 6.07) is 23.5. The van der Waals surface area contributed by atoms with Gasteiger partial charge in [0.1, 0.15) is 12.1 Å². The number of hydrogen-bond acceptors (Lipinski definition) is 4. The van der Waals surface area contributed by atoms with Gasteiger partial charge in [0, 0.05) is 35.3 Å². The van der Waals surface area contributed by atoms with Crippen molar-refractivity contribution >= 4 is 33.6 Å². The molecule has 1 heterocycles. The second-order valence-corrected chi connectivity index (χ2v) is 10.6. The number of hydrogen-bond donors (Lipinski definition) is 0. The quantitative estimate of drug-likeness (QED) is 0.307. The lowest BCUT2D eigenvalue weighted by molar-refractivity contribution is -0.128. The number of likely N-dealkylation sites (tertiary alicyclic amines) is 1. The van der Waals surface area contributed by atoms with E-state index in [1.807, 2.05) is 36.4 Å². The summed E-state index contributed by atoms with van der Waals surface area (Å²) in [6.45, 7) is 2.49. The van der Waals surface area contributed by atoms with Crippen LogP contribution in [0.15, 0.2) is 77.3 Å². The number of fused-ring (bicyclic) bond motifs is 3. The van der Waals surface area contributed by atoms with Gasteiger partial charge in [0.25, 0.3) is 0 Å². The van der Waals surface area contributed by atoms with Crippen LogP contribution in [0.1, 0.15) is 60.0 Å². The molecule has 184 valence electrons. The number of ketones is 2. The largest absolute Gasteiger partial charge is 0.448 e. The maximum Gasteiger partial charge on any atom is 0.410 e. The molecule has 1 fully saturated rings. The Morgan fingerprint density at radius 1 is 0.917 bits per heavy atom. The molecule has 5 nitrogen and oxygen atoms in total. The predicted molar refractivity (Wildman–Crippen MR) is 142 cm³/mol. The van der Waals surface area contributed by atoms with Gasteiger partial charge in [-0.3, -0.25) is 14.5 Å². The highest BCUT2D eigenvalue weighted by Crippen LogP contribution is 2.44. The van der Waals surface area contributed by atoms with E-state index in [0.29, 0.717) is 18.5 Å². The molecular weight excluding hydrogens is 518 g/mol. The van der Waals surface area contributed by atoms with Gasteiger partial charge in [0.2, 0.25) is 0 Å². The summed E-state index contributed by atoms with van der Waals surface area (Å²) in [5.41, 5.74) is 4.27. The van der Waals surface area contributed by atoms with Crippen molar-refractivity contribution < 1.29 is 19.1 Å². The third-order valence-corrected chi connectivity index (χ3v) is 8.07. The highest BCUT2D eigenvalue weighted by Gasteiger charge is 2.46. The summed E-state index contributed by atoms with van der Waals surface area (Å²) in [6.07, 6.45) is 1.05. The molecule has 0 spiro atoms. The van der Waals surface area contributed by atoms with Crippen molar-refractivity contribution in [2.24, 2.45) is 0 Å². The van der Waals surface area contributed by atoms with Crippen LogP contribution in [-0.2, 0) is 9.53 Å². The van der Waals surface area contributed by atoms with Gasteiger partial charge < -0.3 is 4.74 Å². The van der Waals surface area contributed by atoms with Crippen molar-refractivity contribution in [3.05, 3.63) is 94.0 Å². The molecule has 0 N–H and O–H groups in total. The molecular formula is C30H28BrNO4. The van der Waals surface area contributed by atoms with E-state index in [4.69, 9.17) is 4.74 Å². The van der Waals surface area contributed by atoms with Gasteiger partial charge in [0.15, 0.2) is 11.6 Å². The summed E-state index contributed by atoms with van der Waals surface area (Å²) >= 11 is 3.36. The van der Waals surface area contributed by atoms with Crippen LogP contribution in [0.3, 0.4) is 0 Å². The molecule has 1 atom stereocenters. The minimum atomic E-state index is -0.956. The molecule has 1 amide bonds. The van der Waals surface area contributed by atoms with E-state index in [9.17, 15) is 14.4 Å². The first-order valence-electron chi connectivity index (χ1n) is 12.3. The second-order valence-electron chi connectivity index (χ2n) is 9.69. The first-order chi connectivity index (χ1) is 17.4. The smallest absolute Gasteiger partial charge is 0.410 e. The fraction of sp³-hybridized carbons (Fsp3) is 0.300. The van der Waals surface area contributed by atoms with E-state index < -0.39 is 11.6 Å². The summed E-state index contributed by atoms with van der Waals surface area (Å²) in [7, 11) is 0. The lowest BCUT2D eigenvalue weighted by Gasteiger charge is -2.33. The second kappa shape index (κ2) is 10.0. The van der Waals surface area contributed by atoms with Gasteiger partial charge in [-0.1, -0.05) is 76.6 Å². The van der Waals surface area contributed by atoms with Gasteiger partial charge in [-0.05, 0) is 54.2 Å². The highest BCUT2D eigenvalue weighted by atomic mass is 79.9. The van der Waals surface area contributed by atoms with Gasteiger partial charge in [-0.2, -0.15) is 0 Å². The van der Waals surface area contributed by atoms with E-state index >= 15 is 0 Å². The average Bonchev–Trinajstić information content (AvgIpc) is 3.45. The zero-order valence-electron chi connectivity index (χ0n) is 20.2. The Bertz CT molecular complexity index is 1270. The number of carbonyl (C=O) groups excluding carboxylic acids is 3. The maximum absolute atomic E-state index is 13.3. The Labute approximate surface area is 219 Å². The van der Waals surface area contributed by atoms with Crippen LogP contribution in [-0.4, -0.2) is 41.3 Å². The monoisotopic (exact) mass is 545 g/mol. The fourth-order valence-electron chi connectivity index (χ4n) is 5.49. The molecule has 36 heavy (non-hydrogen) atoms. The molecule has 6 heteroatoms. The van der Waals surface area contributed by atoms with Crippen LogP contribution in [0.2, 0.25) is 0 Å². The maximum atomic E-state index is 13.3. The zero-order valence-corrected chi connectivity index (χ0v) is 21.8. The van der Waals surface area contributed by atoms with Crippen LogP contribution < -0.4 is 0 Å². The van der Waals surface area contributed by atoms with Gasteiger partial charge in [0.05, 0.1) is 0 Å². The normalized spacial score (nSPS) is 18.6. The lowest BCUT2D eigenvalue weighted by atomic mass is 9.89. The minimum Gasteiger partial charge on any atom is -0.448 e. The van der Waals surface area contributed by atoms with Gasteiger partial charge >= 0.3 is 6.09 Å². The molecule has 3 aromatic carbocycles. The molecule has 1 aliphatic carbocycles. The Morgan fingerprint density at radius 2 is 1.53 bits per heavy atom. The Hall–Kier alpha value is -3.25. The summed E-state index contributed by atoms with van der Waals surface area (Å²) in [4.78, 5) is 40.6. The van der Waals surface area contributed by atoms with Crippen molar-refractivity contribution in [2.45, 2.75) is 44.1 Å². The Kier molecular flexibility index (Phi) is 6.80. The third-order valence-electron chi connectivity index (χ3n) is 7.54. The number of rotatable bonds is 7. The molecule has 5 rings (SSSR count). The van der Waals surface area contributed by atoms with E-state index in [2.05, 4.69) is 40.2 Å². The number of benzene rings is 3. The Balaban J connectivity index is 1.24. The summed E-state index contributed by atoms with van der Waals surface area (Å²) in [5, 5.41) is 0. The van der Waals surface area contributed by atoms with Crippen molar-refractivity contribution in [1.29, 1.82) is 0 Å². The van der Waals surface area contributed by atoms with Crippen molar-refractivity contribution in [3.8, 4) is 11.1 Å². The van der Waals surface area contributed by atoms with E-state index in [-0.39, 0.29) is 36.9 Å². The number of ether oxygens (including phenoxy) is 1. The van der Waals surface area contributed by atoms with Crippen LogP contribution in [0.5, 0.6) is 0 Å². The van der Waals surface area contributed by atoms with Crippen LogP contribution in [0.4, 0.5) is 4.79 Å². The summed E-state index contributed by atoms with van der Waals surface area (Å²) in [5.74, 6) is -0.210. The van der Waals surface area contributed by atoms with Crippen LogP contribution in [0.25, 0.3) is 11.1 Å². The topological polar surface area (TPSA) is 63.7 Å². The van der Waals surface area contributed by atoms with Gasteiger partial charge in [-0.25, -0.2) is 4.79 Å². The van der Waals surface area contributed by atoms with Crippen molar-refractivity contribution in [2.75, 3.05) is 13.2 Å². The minimum absolute atomic E-state index is 0.0329. The molecule has 0 saturated carbocycles. The molecule has 0 aromatic heterocycles. The molecule has 1 aliphatic heterocycles. The molecule has 1 saturated heterocycles. The molecule has 3 aromatic rings. The molecule has 0 radical (unpaired) electrons. The number of halogens is 1. The molecule has 0 bridgehead atoms. The SMILES string of the molecule is C[C@@]1(C(=O)CCC(=O)c2ccc(Br)cc2)CCCN1C(=O)OCC1c2ccccc2-c2ccccc21. The number of carbonyl (C=O) groups is 3. The third kappa shape index (κ3) is 4.50. The number of Topliss-reactive ketones (excluding diaryl/α,β-unsaturated/α-hetero) is 2. The fourth-order valence-corrected chi connectivity index (χ4v) is 5.76. The molecule has 0 unspecified atom stereocenters. The van der Waals surface area contributed by atoms with Crippen LogP contribution >= 0.6 is 15.9 Å². The number of amides is 1. The first-order valence-corrected chi connectivity index (χ1v) is 13.1. The number of nitrogens with zero attached hydrogens (tertiary/aromatic N) is 1. The van der Waals surface area contributed by atoms with Gasteiger partial charge in [-0.15, -0.1) is 0 Å². The van der Waals surface area contributed by atoms with E-state index in [1.54, 1.807) is 24.0 Å². The average molecular weight is 546 g/mol. The molecule has 2 aliphatic rings. The van der Waals surface area contributed by atoms with Crippen LogP contribution in [0, 0.1) is 0 Å². The standard InChI is InChI=1S/C30H28BrNO4/c1-30(28(34)16-15-27(33)20-11-13-21(31)14-12-20)17-6-18-32(30)29(35)36-19-26-24-9-4-2-7-22(24)23-8-3-5-10-25(23)26/h2-5,7-14,26H,6,15-19H2,1H3/t30-/m0/s1. The van der Waals surface area contributed by atoms with Crippen molar-refractivity contribution in [3.63, 3.8) is 0 Å². The Morgan fingerprint density at radius 3 is 2.17 bits per heavy atom. The predicted octanol–water partition coefficient (Wildman–Crippen LogP) is 6.78. The first kappa shape index (κ1) is 24.4. The summed E-state index contributed by atoms with van der Waals surface area (Å²) < 4.78 is 6.73. The van der Waals surface area contributed by atoms with Crippen molar-refractivity contribution in [1.82, 2.24) is 4.90 Å².